The van der Waals surface area contributed by atoms with Crippen molar-refractivity contribution in [3.05, 3.63) is 36.5 Å². The van der Waals surface area contributed by atoms with Gasteiger partial charge >= 0.3 is 5.97 Å². The van der Waals surface area contributed by atoms with Crippen LogP contribution in [0.15, 0.2) is 36.5 Å². The van der Waals surface area contributed by atoms with Gasteiger partial charge in [0.1, 0.15) is 0 Å². The third-order valence-electron chi connectivity index (χ3n) is 1.35. The molecule has 1 N–H and O–H groups in total. The van der Waals surface area contributed by atoms with Crippen LogP contribution in [0.3, 0.4) is 0 Å². The van der Waals surface area contributed by atoms with Crippen LogP contribution in [0.4, 0.5) is 0 Å². The molecular formula is C10H14O2. The van der Waals surface area contributed by atoms with E-state index >= 15 is 0 Å². The SMILES string of the molecule is C=C/C=C/CC/C(C)=C\C(=O)O. The number of aliphatic carboxylic acids is 1. The summed E-state index contributed by atoms with van der Waals surface area (Å²) < 4.78 is 0. The highest BCUT2D eigenvalue weighted by Crippen LogP contribution is 2.03. The van der Waals surface area contributed by atoms with E-state index < -0.39 is 5.97 Å². The Morgan fingerprint density at radius 1 is 1.58 bits per heavy atom. The number of hydrogen-bond acceptors (Lipinski definition) is 1. The van der Waals surface area contributed by atoms with Crippen molar-refractivity contribution >= 4 is 5.97 Å². The van der Waals surface area contributed by atoms with Gasteiger partial charge in [-0.25, -0.2) is 4.79 Å². The molecule has 0 radical (unpaired) electrons. The Balaban J connectivity index is 3.70. The van der Waals surface area contributed by atoms with Gasteiger partial charge in [0.15, 0.2) is 0 Å². The van der Waals surface area contributed by atoms with E-state index in [1.165, 1.54) is 6.08 Å². The Hall–Kier alpha value is -1.31. The predicted molar refractivity (Wildman–Crippen MR) is 50.0 cm³/mol. The molecule has 0 rings (SSSR count). The van der Waals surface area contributed by atoms with Gasteiger partial charge < -0.3 is 5.11 Å². The molecule has 0 aliphatic heterocycles. The molecule has 12 heavy (non-hydrogen) atoms. The third kappa shape index (κ3) is 6.81. The summed E-state index contributed by atoms with van der Waals surface area (Å²) in [6, 6.07) is 0. The average molecular weight is 166 g/mol. The summed E-state index contributed by atoms with van der Waals surface area (Å²) in [4.78, 5) is 10.2. The lowest BCUT2D eigenvalue weighted by atomic mass is 10.1. The minimum absolute atomic E-state index is 0.788. The summed E-state index contributed by atoms with van der Waals surface area (Å²) in [5.74, 6) is -0.875. The average Bonchev–Trinajstić information content (AvgIpc) is 1.97. The molecule has 66 valence electrons. The highest BCUT2D eigenvalue weighted by molar-refractivity contribution is 5.80. The Kier molecular flexibility index (Phi) is 5.70. The largest absolute Gasteiger partial charge is 0.478 e. The first-order valence-corrected chi connectivity index (χ1v) is 3.84. The molecule has 0 unspecified atom stereocenters. The summed E-state index contributed by atoms with van der Waals surface area (Å²) in [7, 11) is 0. The van der Waals surface area contributed by atoms with Crippen molar-refractivity contribution in [2.45, 2.75) is 19.8 Å². The fourth-order valence-electron chi connectivity index (χ4n) is 0.786. The van der Waals surface area contributed by atoms with Gasteiger partial charge in [0.2, 0.25) is 0 Å². The van der Waals surface area contributed by atoms with Crippen molar-refractivity contribution < 1.29 is 9.90 Å². The van der Waals surface area contributed by atoms with Crippen LogP contribution in [0.25, 0.3) is 0 Å². The highest BCUT2D eigenvalue weighted by Gasteiger charge is 1.91. The van der Waals surface area contributed by atoms with Crippen molar-refractivity contribution in [2.24, 2.45) is 0 Å². The summed E-state index contributed by atoms with van der Waals surface area (Å²) >= 11 is 0. The van der Waals surface area contributed by atoms with E-state index in [0.717, 1.165) is 18.4 Å². The van der Waals surface area contributed by atoms with Crippen molar-refractivity contribution in [1.29, 1.82) is 0 Å². The van der Waals surface area contributed by atoms with Gasteiger partial charge in [-0.1, -0.05) is 30.4 Å². The first kappa shape index (κ1) is 10.7. The lowest BCUT2D eigenvalue weighted by Crippen LogP contribution is -1.89. The first-order valence-electron chi connectivity index (χ1n) is 3.84. The topological polar surface area (TPSA) is 37.3 Å². The lowest BCUT2D eigenvalue weighted by Gasteiger charge is -1.94. The number of allylic oxidation sites excluding steroid dienone is 4. The first-order chi connectivity index (χ1) is 5.66. The summed E-state index contributed by atoms with van der Waals surface area (Å²) in [6.07, 6.45) is 8.41. The Morgan fingerprint density at radius 3 is 2.75 bits per heavy atom. The predicted octanol–water partition coefficient (Wildman–Crippen LogP) is 2.54. The second-order valence-electron chi connectivity index (χ2n) is 2.53. The van der Waals surface area contributed by atoms with Crippen molar-refractivity contribution in [2.75, 3.05) is 0 Å². The van der Waals surface area contributed by atoms with E-state index in [0.29, 0.717) is 0 Å². The maximum atomic E-state index is 10.2. The van der Waals surface area contributed by atoms with E-state index in [2.05, 4.69) is 6.58 Å². The molecule has 0 aromatic rings. The molecule has 0 aliphatic carbocycles. The van der Waals surface area contributed by atoms with E-state index in [1.54, 1.807) is 6.08 Å². The van der Waals surface area contributed by atoms with Gasteiger partial charge in [-0.2, -0.15) is 0 Å². The highest BCUT2D eigenvalue weighted by atomic mass is 16.4. The molecular weight excluding hydrogens is 152 g/mol. The molecule has 2 heteroatoms. The Bertz CT molecular complexity index is 212. The van der Waals surface area contributed by atoms with Gasteiger partial charge in [-0.05, 0) is 19.8 Å². The van der Waals surface area contributed by atoms with Crippen LogP contribution >= 0.6 is 0 Å². The Labute approximate surface area is 72.9 Å². The maximum Gasteiger partial charge on any atom is 0.328 e. The van der Waals surface area contributed by atoms with Gasteiger partial charge in [-0.15, -0.1) is 0 Å². The normalized spacial score (nSPS) is 11.9. The molecule has 0 saturated carbocycles. The number of hydrogen-bond donors (Lipinski definition) is 1. The quantitative estimate of drug-likeness (QED) is 0.503. The van der Waals surface area contributed by atoms with Gasteiger partial charge in [-0.3, -0.25) is 0 Å². The molecule has 0 aromatic carbocycles. The number of carboxylic acids is 1. The molecule has 0 heterocycles. The van der Waals surface area contributed by atoms with E-state index in [1.807, 2.05) is 19.1 Å². The van der Waals surface area contributed by atoms with Crippen molar-refractivity contribution in [1.82, 2.24) is 0 Å². The van der Waals surface area contributed by atoms with Gasteiger partial charge in [0.05, 0.1) is 0 Å². The van der Waals surface area contributed by atoms with E-state index in [-0.39, 0.29) is 0 Å². The molecule has 0 spiro atoms. The van der Waals surface area contributed by atoms with Crippen LogP contribution < -0.4 is 0 Å². The summed E-state index contributed by atoms with van der Waals surface area (Å²) in [6.45, 7) is 5.35. The second-order valence-corrected chi connectivity index (χ2v) is 2.53. The zero-order valence-electron chi connectivity index (χ0n) is 7.29. The van der Waals surface area contributed by atoms with E-state index in [9.17, 15) is 4.79 Å². The molecule has 0 aromatic heterocycles. The molecule has 0 fully saturated rings. The molecule has 0 atom stereocenters. The molecule has 0 saturated heterocycles. The molecule has 0 bridgehead atoms. The standard InChI is InChI=1S/C10H14O2/c1-3-4-5-6-7-9(2)8-10(11)12/h3-5,8H,1,6-7H2,2H3,(H,11,12)/b5-4+,9-8-. The zero-order chi connectivity index (χ0) is 9.40. The number of carboxylic acid groups (broad SMARTS) is 1. The fourth-order valence-corrected chi connectivity index (χ4v) is 0.786. The number of carbonyl (C=O) groups is 1. The Morgan fingerprint density at radius 2 is 2.25 bits per heavy atom. The lowest BCUT2D eigenvalue weighted by molar-refractivity contribution is -0.131. The van der Waals surface area contributed by atoms with E-state index in [4.69, 9.17) is 5.11 Å². The summed E-state index contributed by atoms with van der Waals surface area (Å²) in [5, 5.41) is 8.38. The van der Waals surface area contributed by atoms with Crippen LogP contribution in [0.1, 0.15) is 19.8 Å². The summed E-state index contributed by atoms with van der Waals surface area (Å²) in [5.41, 5.74) is 0.885. The monoisotopic (exact) mass is 166 g/mol. The minimum Gasteiger partial charge on any atom is -0.478 e. The van der Waals surface area contributed by atoms with Crippen LogP contribution in [0.5, 0.6) is 0 Å². The van der Waals surface area contributed by atoms with Crippen LogP contribution in [0, 0.1) is 0 Å². The number of rotatable bonds is 5. The molecule has 2 nitrogen and oxygen atoms in total. The molecule has 0 amide bonds. The van der Waals surface area contributed by atoms with Gasteiger partial charge in [0.25, 0.3) is 0 Å². The fraction of sp³-hybridized carbons (Fsp3) is 0.300. The molecule has 0 aliphatic rings. The van der Waals surface area contributed by atoms with Gasteiger partial charge in [0, 0.05) is 6.08 Å². The van der Waals surface area contributed by atoms with Crippen molar-refractivity contribution in [3.63, 3.8) is 0 Å². The van der Waals surface area contributed by atoms with Crippen LogP contribution in [-0.4, -0.2) is 11.1 Å². The van der Waals surface area contributed by atoms with Crippen LogP contribution in [0.2, 0.25) is 0 Å². The smallest absolute Gasteiger partial charge is 0.328 e. The zero-order valence-corrected chi connectivity index (χ0v) is 7.29. The minimum atomic E-state index is -0.875. The third-order valence-corrected chi connectivity index (χ3v) is 1.35. The van der Waals surface area contributed by atoms with Crippen LogP contribution in [-0.2, 0) is 4.79 Å². The van der Waals surface area contributed by atoms with Crippen molar-refractivity contribution in [3.8, 4) is 0 Å². The second kappa shape index (κ2) is 6.40. The maximum absolute atomic E-state index is 10.2.